The molecule has 0 radical (unpaired) electrons. The molecule has 1 nitrogen and oxygen atoms in total. The van der Waals surface area contributed by atoms with Gasteiger partial charge in [-0.25, -0.2) is 0 Å². The fourth-order valence-electron chi connectivity index (χ4n) is 0.342. The summed E-state index contributed by atoms with van der Waals surface area (Å²) in [6.45, 7) is 0. The molecule has 1 aromatic rings. The standard InChI is InChI=1S/C6H5.3ClH.Cr.H2N/c1-2-4-6-5-3-1;;;;;/h1-5H;3*1H;;1H2/q-1;;;;+3;-1/p-3. The van der Waals surface area contributed by atoms with E-state index in [1.165, 1.54) is 0 Å². The van der Waals surface area contributed by atoms with Crippen molar-refractivity contribution in [3.05, 3.63) is 42.5 Å². The van der Waals surface area contributed by atoms with Gasteiger partial charge in [-0.3, -0.25) is 0 Å². The topological polar surface area (TPSA) is 33.5 Å². The number of nitrogens with two attached hydrogens (primary N) is 1. The third-order valence-corrected chi connectivity index (χ3v) is 0.607. The van der Waals surface area contributed by atoms with Crippen LogP contribution < -0.4 is 0 Å². The Bertz CT molecular complexity index is 118. The Labute approximate surface area is 83.8 Å². The normalized spacial score (nSPS) is 7.64. The monoisotopic (exact) mass is 250 g/mol. The summed E-state index contributed by atoms with van der Waals surface area (Å²) in [4.78, 5) is 0. The summed E-state index contributed by atoms with van der Waals surface area (Å²) in [5, 5.41) is 0. The van der Waals surface area contributed by atoms with Gasteiger partial charge in [-0.05, 0) is 0 Å². The molecule has 0 spiro atoms. The Morgan fingerprint density at radius 2 is 1.27 bits per heavy atom. The van der Waals surface area contributed by atoms with Crippen molar-refractivity contribution < 1.29 is 11.4 Å². The number of rotatable bonds is 0. The summed E-state index contributed by atoms with van der Waals surface area (Å²) in [7, 11) is 14.8. The molecular formula is C6H7Cl3CrN-2. The zero-order valence-corrected chi connectivity index (χ0v) is 9.05. The van der Waals surface area contributed by atoms with E-state index in [2.05, 4.69) is 6.07 Å². The average Bonchev–Trinajstić information content (AvgIpc) is 1.90. The van der Waals surface area contributed by atoms with Gasteiger partial charge in [-0.15, -0.1) is 0 Å². The molecule has 0 aliphatic carbocycles. The summed E-state index contributed by atoms with van der Waals surface area (Å²) >= 11 is -1.62. The second-order valence-corrected chi connectivity index (χ2v) is 7.57. The molecule has 11 heavy (non-hydrogen) atoms. The van der Waals surface area contributed by atoms with Gasteiger partial charge in [0.05, 0.1) is 0 Å². The van der Waals surface area contributed by atoms with E-state index in [-0.39, 0.29) is 6.15 Å². The molecule has 0 atom stereocenters. The van der Waals surface area contributed by atoms with E-state index in [0.29, 0.717) is 0 Å². The van der Waals surface area contributed by atoms with Crippen LogP contribution >= 0.6 is 30.1 Å². The van der Waals surface area contributed by atoms with Crippen molar-refractivity contribution in [2.75, 3.05) is 0 Å². The Hall–Kier alpha value is 0.582. The molecule has 0 heterocycles. The van der Waals surface area contributed by atoms with Gasteiger partial charge in [0, 0.05) is 0 Å². The SMILES string of the molecule is [Cl][Cr]([Cl])[Cl].[NH2-].[c-]1ccccc1. The summed E-state index contributed by atoms with van der Waals surface area (Å²) in [5.41, 5.74) is 0. The van der Waals surface area contributed by atoms with E-state index >= 15 is 0 Å². The number of benzene rings is 1. The van der Waals surface area contributed by atoms with Crippen LogP contribution in [0.5, 0.6) is 0 Å². The van der Waals surface area contributed by atoms with Gasteiger partial charge in [0.25, 0.3) is 0 Å². The Morgan fingerprint density at radius 3 is 1.36 bits per heavy atom. The molecule has 1 rings (SSSR count). The van der Waals surface area contributed by atoms with Crippen LogP contribution in [-0.4, -0.2) is 0 Å². The van der Waals surface area contributed by atoms with Gasteiger partial charge >= 0.3 is 41.5 Å². The molecule has 65 valence electrons. The van der Waals surface area contributed by atoms with Crippen molar-refractivity contribution in [3.63, 3.8) is 0 Å². The van der Waals surface area contributed by atoms with Crippen LogP contribution in [0.4, 0.5) is 0 Å². The minimum absolute atomic E-state index is 0. The minimum atomic E-state index is -1.62. The maximum atomic E-state index is 4.93. The van der Waals surface area contributed by atoms with Gasteiger partial charge in [0.2, 0.25) is 0 Å². The maximum Gasteiger partial charge on any atom is -0.171 e. The van der Waals surface area contributed by atoms with Gasteiger partial charge in [0.1, 0.15) is 0 Å². The van der Waals surface area contributed by atoms with E-state index < -0.39 is 11.4 Å². The van der Waals surface area contributed by atoms with Gasteiger partial charge in [-0.1, -0.05) is 0 Å². The van der Waals surface area contributed by atoms with Gasteiger partial charge in [0.15, 0.2) is 0 Å². The Balaban J connectivity index is 0. The molecule has 0 aliphatic rings. The summed E-state index contributed by atoms with van der Waals surface area (Å²) in [5.74, 6) is 0. The second kappa shape index (κ2) is 10.6. The van der Waals surface area contributed by atoms with Gasteiger partial charge < -0.3 is 6.15 Å². The largest absolute Gasteiger partial charge is 0.693 e. The van der Waals surface area contributed by atoms with E-state index in [4.69, 9.17) is 30.1 Å². The fourth-order valence-corrected chi connectivity index (χ4v) is 0.342. The molecule has 2 N–H and O–H groups in total. The van der Waals surface area contributed by atoms with E-state index in [9.17, 15) is 0 Å². The maximum absolute atomic E-state index is 4.93. The molecule has 0 amide bonds. The van der Waals surface area contributed by atoms with Crippen molar-refractivity contribution >= 4 is 30.1 Å². The van der Waals surface area contributed by atoms with E-state index in [1.54, 1.807) is 0 Å². The second-order valence-electron chi connectivity index (χ2n) is 1.25. The molecular weight excluding hydrogens is 244 g/mol. The van der Waals surface area contributed by atoms with Crippen molar-refractivity contribution in [2.24, 2.45) is 0 Å². The average molecular weight is 251 g/mol. The van der Waals surface area contributed by atoms with Crippen molar-refractivity contribution in [1.82, 2.24) is 0 Å². The van der Waals surface area contributed by atoms with E-state index in [1.807, 2.05) is 30.3 Å². The third kappa shape index (κ3) is 18.0. The first-order valence-electron chi connectivity index (χ1n) is 2.37. The number of halogens is 3. The molecule has 0 bridgehead atoms. The molecule has 0 fully saturated rings. The van der Waals surface area contributed by atoms with Crippen molar-refractivity contribution in [3.8, 4) is 0 Å². The van der Waals surface area contributed by atoms with E-state index in [0.717, 1.165) is 0 Å². The molecule has 1 aromatic carbocycles. The zero-order valence-electron chi connectivity index (χ0n) is 5.51. The predicted molar refractivity (Wildman–Crippen MR) is 48.1 cm³/mol. The van der Waals surface area contributed by atoms with Crippen molar-refractivity contribution in [2.45, 2.75) is 0 Å². The predicted octanol–water partition coefficient (Wildman–Crippen LogP) is 4.27. The summed E-state index contributed by atoms with van der Waals surface area (Å²) in [6.07, 6.45) is 0. The smallest absolute Gasteiger partial charge is 0.171 e. The van der Waals surface area contributed by atoms with Crippen molar-refractivity contribution in [1.29, 1.82) is 0 Å². The first kappa shape index (κ1) is 14.1. The molecule has 0 unspecified atom stereocenters. The number of hydrogen-bond acceptors (Lipinski definition) is 0. The number of hydrogen-bond donors (Lipinski definition) is 0. The summed E-state index contributed by atoms with van der Waals surface area (Å²) < 4.78 is 0. The molecule has 0 saturated heterocycles. The first-order valence-corrected chi connectivity index (χ1v) is 7.64. The molecule has 0 aromatic heterocycles. The van der Waals surface area contributed by atoms with Crippen LogP contribution in [0.2, 0.25) is 0 Å². The first-order chi connectivity index (χ1) is 4.73. The molecule has 0 saturated carbocycles. The summed E-state index contributed by atoms with van der Waals surface area (Å²) in [6, 6.07) is 12.5. The van der Waals surface area contributed by atoms with Crippen LogP contribution in [0.3, 0.4) is 0 Å². The third-order valence-electron chi connectivity index (χ3n) is 0.607. The Kier molecular flexibility index (Phi) is 13.6. The van der Waals surface area contributed by atoms with Crippen LogP contribution in [0, 0.1) is 6.07 Å². The quantitative estimate of drug-likeness (QED) is 0.617. The van der Waals surface area contributed by atoms with Crippen LogP contribution in [0.25, 0.3) is 6.15 Å². The minimum Gasteiger partial charge on any atom is -0.693 e. The Morgan fingerprint density at radius 1 is 0.909 bits per heavy atom. The fraction of sp³-hybridized carbons (Fsp3) is 0. The van der Waals surface area contributed by atoms with Crippen LogP contribution in [-0.2, 0) is 11.4 Å². The molecule has 0 aliphatic heterocycles. The van der Waals surface area contributed by atoms with Gasteiger partial charge in [-0.2, -0.15) is 36.4 Å². The van der Waals surface area contributed by atoms with Crippen LogP contribution in [0.15, 0.2) is 30.3 Å². The zero-order chi connectivity index (χ0) is 7.82. The van der Waals surface area contributed by atoms with Crippen LogP contribution in [0.1, 0.15) is 0 Å². The molecule has 5 heteroatoms.